The summed E-state index contributed by atoms with van der Waals surface area (Å²) < 4.78 is 11.8. The molecule has 0 saturated heterocycles. The number of ether oxygens (including phenoxy) is 2. The first-order chi connectivity index (χ1) is 11.1. The van der Waals surface area contributed by atoms with Crippen molar-refractivity contribution in [3.05, 3.63) is 53.6 Å². The largest absolute Gasteiger partial charge is 0.491 e. The van der Waals surface area contributed by atoms with Crippen LogP contribution in [-0.4, -0.2) is 19.8 Å². The van der Waals surface area contributed by atoms with Crippen molar-refractivity contribution in [1.29, 1.82) is 0 Å². The number of nitrogens with one attached hydrogen (secondary N) is 1. The second-order valence-corrected chi connectivity index (χ2v) is 6.20. The van der Waals surface area contributed by atoms with Crippen LogP contribution in [0.2, 0.25) is 0 Å². The van der Waals surface area contributed by atoms with Crippen LogP contribution in [0.15, 0.2) is 42.5 Å². The number of hydrogen-bond donors (Lipinski definition) is 1. The summed E-state index contributed by atoms with van der Waals surface area (Å²) in [6.45, 7) is 10.5. The molecule has 0 aliphatic carbocycles. The molecule has 23 heavy (non-hydrogen) atoms. The predicted molar refractivity (Wildman–Crippen MR) is 96.7 cm³/mol. The molecule has 2 rings (SSSR count). The third-order valence-corrected chi connectivity index (χ3v) is 3.53. The van der Waals surface area contributed by atoms with Gasteiger partial charge in [-0.05, 0) is 43.0 Å². The molecule has 0 saturated carbocycles. The Morgan fingerprint density at radius 3 is 2.30 bits per heavy atom. The molecule has 0 aromatic heterocycles. The van der Waals surface area contributed by atoms with E-state index in [2.05, 4.69) is 51.2 Å². The minimum atomic E-state index is 0.510. The first-order valence-corrected chi connectivity index (χ1v) is 8.22. The summed E-state index contributed by atoms with van der Waals surface area (Å²) in [6, 6.07) is 14.2. The molecule has 0 radical (unpaired) electrons. The standard InChI is InChI=1S/C20H27NO2/c1-15(2)14-23-19-11-6-5-10-18(19)21-12-13-22-20-16(3)8-7-9-17(20)4/h5-11,15,21H,12-14H2,1-4H3. The zero-order chi connectivity index (χ0) is 16.7. The van der Waals surface area contributed by atoms with E-state index in [0.29, 0.717) is 12.5 Å². The maximum Gasteiger partial charge on any atom is 0.142 e. The Morgan fingerprint density at radius 1 is 0.913 bits per heavy atom. The van der Waals surface area contributed by atoms with Crippen LogP contribution in [-0.2, 0) is 0 Å². The maximum atomic E-state index is 5.92. The van der Waals surface area contributed by atoms with Gasteiger partial charge in [-0.25, -0.2) is 0 Å². The molecule has 0 bridgehead atoms. The molecule has 0 fully saturated rings. The molecule has 2 aromatic carbocycles. The summed E-state index contributed by atoms with van der Waals surface area (Å²) in [5.41, 5.74) is 3.36. The number of anilines is 1. The highest BCUT2D eigenvalue weighted by Gasteiger charge is 2.05. The molecule has 2 aromatic rings. The van der Waals surface area contributed by atoms with Crippen LogP contribution in [0.4, 0.5) is 5.69 Å². The van der Waals surface area contributed by atoms with E-state index in [1.165, 1.54) is 11.1 Å². The molecule has 0 atom stereocenters. The van der Waals surface area contributed by atoms with Crippen molar-refractivity contribution in [3.8, 4) is 11.5 Å². The van der Waals surface area contributed by atoms with Crippen LogP contribution in [0.1, 0.15) is 25.0 Å². The summed E-state index contributed by atoms with van der Waals surface area (Å²) in [7, 11) is 0. The molecule has 0 aliphatic rings. The number of para-hydroxylation sites is 3. The normalized spacial score (nSPS) is 10.7. The molecule has 124 valence electrons. The molecular formula is C20H27NO2. The third-order valence-electron chi connectivity index (χ3n) is 3.53. The average molecular weight is 313 g/mol. The third kappa shape index (κ3) is 5.20. The van der Waals surface area contributed by atoms with Crippen LogP contribution in [0.3, 0.4) is 0 Å². The lowest BCUT2D eigenvalue weighted by molar-refractivity contribution is 0.272. The second kappa shape index (κ2) is 8.47. The Hall–Kier alpha value is -2.16. The van der Waals surface area contributed by atoms with Gasteiger partial charge in [0.1, 0.15) is 18.1 Å². The van der Waals surface area contributed by atoms with Crippen molar-refractivity contribution in [1.82, 2.24) is 0 Å². The first-order valence-electron chi connectivity index (χ1n) is 8.22. The first kappa shape index (κ1) is 17.2. The molecule has 0 spiro atoms. The highest BCUT2D eigenvalue weighted by Crippen LogP contribution is 2.25. The summed E-state index contributed by atoms with van der Waals surface area (Å²) >= 11 is 0. The molecule has 0 unspecified atom stereocenters. The van der Waals surface area contributed by atoms with Crippen LogP contribution in [0.5, 0.6) is 11.5 Å². The SMILES string of the molecule is Cc1cccc(C)c1OCCNc1ccccc1OCC(C)C. The molecule has 0 aliphatic heterocycles. The van der Waals surface area contributed by atoms with Crippen molar-refractivity contribution in [2.75, 3.05) is 25.1 Å². The van der Waals surface area contributed by atoms with Crippen molar-refractivity contribution in [2.24, 2.45) is 5.92 Å². The fraction of sp³-hybridized carbons (Fsp3) is 0.400. The minimum Gasteiger partial charge on any atom is -0.491 e. The van der Waals surface area contributed by atoms with Crippen LogP contribution < -0.4 is 14.8 Å². The fourth-order valence-electron chi connectivity index (χ4n) is 2.36. The van der Waals surface area contributed by atoms with Gasteiger partial charge in [0.25, 0.3) is 0 Å². The van der Waals surface area contributed by atoms with Crippen LogP contribution >= 0.6 is 0 Å². The van der Waals surface area contributed by atoms with E-state index in [4.69, 9.17) is 9.47 Å². The van der Waals surface area contributed by atoms with Gasteiger partial charge in [0.05, 0.1) is 12.3 Å². The van der Waals surface area contributed by atoms with E-state index in [-0.39, 0.29) is 0 Å². The number of hydrogen-bond acceptors (Lipinski definition) is 3. The minimum absolute atomic E-state index is 0.510. The van der Waals surface area contributed by atoms with Crippen LogP contribution in [0.25, 0.3) is 0 Å². The smallest absolute Gasteiger partial charge is 0.142 e. The Bertz CT molecular complexity index is 603. The average Bonchev–Trinajstić information content (AvgIpc) is 2.52. The van der Waals surface area contributed by atoms with Gasteiger partial charge in [-0.15, -0.1) is 0 Å². The Balaban J connectivity index is 1.87. The summed E-state index contributed by atoms with van der Waals surface area (Å²) in [5.74, 6) is 2.39. The number of rotatable bonds is 8. The maximum absolute atomic E-state index is 5.92. The van der Waals surface area contributed by atoms with E-state index in [1.807, 2.05) is 24.3 Å². The predicted octanol–water partition coefficient (Wildman–Crippen LogP) is 4.83. The highest BCUT2D eigenvalue weighted by molar-refractivity contribution is 5.56. The molecular weight excluding hydrogens is 286 g/mol. The Morgan fingerprint density at radius 2 is 1.61 bits per heavy atom. The van der Waals surface area contributed by atoms with Gasteiger partial charge < -0.3 is 14.8 Å². The summed E-state index contributed by atoms with van der Waals surface area (Å²) in [6.07, 6.45) is 0. The lowest BCUT2D eigenvalue weighted by atomic mass is 10.1. The zero-order valence-corrected chi connectivity index (χ0v) is 14.6. The quantitative estimate of drug-likeness (QED) is 0.708. The van der Waals surface area contributed by atoms with Crippen molar-refractivity contribution in [3.63, 3.8) is 0 Å². The topological polar surface area (TPSA) is 30.5 Å². The number of benzene rings is 2. The van der Waals surface area contributed by atoms with E-state index < -0.39 is 0 Å². The van der Waals surface area contributed by atoms with Crippen molar-refractivity contribution >= 4 is 5.69 Å². The molecule has 3 nitrogen and oxygen atoms in total. The van der Waals surface area contributed by atoms with Gasteiger partial charge in [0.2, 0.25) is 0 Å². The molecule has 0 amide bonds. The summed E-state index contributed by atoms with van der Waals surface area (Å²) in [5, 5.41) is 3.40. The van der Waals surface area contributed by atoms with Gasteiger partial charge in [0.15, 0.2) is 0 Å². The second-order valence-electron chi connectivity index (χ2n) is 6.20. The van der Waals surface area contributed by atoms with E-state index in [0.717, 1.165) is 30.3 Å². The van der Waals surface area contributed by atoms with Gasteiger partial charge in [-0.1, -0.05) is 44.2 Å². The monoisotopic (exact) mass is 313 g/mol. The molecule has 3 heteroatoms. The Kier molecular flexibility index (Phi) is 6.33. The highest BCUT2D eigenvalue weighted by atomic mass is 16.5. The van der Waals surface area contributed by atoms with Crippen molar-refractivity contribution in [2.45, 2.75) is 27.7 Å². The fourth-order valence-corrected chi connectivity index (χ4v) is 2.36. The van der Waals surface area contributed by atoms with Gasteiger partial charge in [-0.3, -0.25) is 0 Å². The van der Waals surface area contributed by atoms with E-state index >= 15 is 0 Å². The lowest BCUT2D eigenvalue weighted by Crippen LogP contribution is -2.14. The van der Waals surface area contributed by atoms with Gasteiger partial charge in [0, 0.05) is 6.54 Å². The number of aryl methyl sites for hydroxylation is 2. The van der Waals surface area contributed by atoms with Gasteiger partial charge in [-0.2, -0.15) is 0 Å². The van der Waals surface area contributed by atoms with Gasteiger partial charge >= 0.3 is 0 Å². The Labute approximate surface area is 139 Å². The lowest BCUT2D eigenvalue weighted by Gasteiger charge is -2.16. The van der Waals surface area contributed by atoms with Crippen LogP contribution in [0, 0.1) is 19.8 Å². The van der Waals surface area contributed by atoms with E-state index in [9.17, 15) is 0 Å². The van der Waals surface area contributed by atoms with Crippen molar-refractivity contribution < 1.29 is 9.47 Å². The summed E-state index contributed by atoms with van der Waals surface area (Å²) in [4.78, 5) is 0. The molecule has 1 N–H and O–H groups in total. The zero-order valence-electron chi connectivity index (χ0n) is 14.6. The van der Waals surface area contributed by atoms with E-state index in [1.54, 1.807) is 0 Å². The molecule has 0 heterocycles.